The van der Waals surface area contributed by atoms with Crippen molar-refractivity contribution in [2.45, 2.75) is 37.5 Å². The Bertz CT molecular complexity index is 1220. The summed E-state index contributed by atoms with van der Waals surface area (Å²) in [5, 5.41) is 4.79. The molecule has 0 radical (unpaired) electrons. The van der Waals surface area contributed by atoms with Crippen molar-refractivity contribution in [2.75, 3.05) is 43.1 Å². The summed E-state index contributed by atoms with van der Waals surface area (Å²) in [7, 11) is 0. The Labute approximate surface area is 229 Å². The number of rotatable bonds is 10. The minimum absolute atomic E-state index is 0.151. The standard InChI is InChI=1S/C24H24ClF5N4O4S/c25-19-6-5-18(39-19)23(37)31-10-17(34(13-1-2-13)12-24(28,29)30)22(36)32-16-4-3-14(9-15(16)21(26)27)33-7-8-38-11-20(33)35/h3-6,9,13,17,21H,1-2,7-8,10-12H2,(H,31,37)(H,32,36)/t17-/m1/s1. The van der Waals surface area contributed by atoms with Gasteiger partial charge in [0.25, 0.3) is 18.2 Å². The molecule has 2 fully saturated rings. The van der Waals surface area contributed by atoms with Crippen LogP contribution in [0.15, 0.2) is 30.3 Å². The highest BCUT2D eigenvalue weighted by molar-refractivity contribution is 7.18. The number of anilines is 2. The summed E-state index contributed by atoms with van der Waals surface area (Å²) in [6, 6.07) is 4.43. The van der Waals surface area contributed by atoms with Crippen molar-refractivity contribution in [1.29, 1.82) is 0 Å². The second-order valence-electron chi connectivity index (χ2n) is 9.01. The van der Waals surface area contributed by atoms with Crippen molar-refractivity contribution in [2.24, 2.45) is 0 Å². The van der Waals surface area contributed by atoms with Crippen molar-refractivity contribution in [3.05, 3.63) is 45.1 Å². The number of alkyl halides is 5. The molecule has 4 rings (SSSR count). The Hall–Kier alpha value is -2.81. The molecule has 39 heavy (non-hydrogen) atoms. The van der Waals surface area contributed by atoms with Crippen LogP contribution in [0.25, 0.3) is 0 Å². The Morgan fingerprint density at radius 1 is 1.21 bits per heavy atom. The van der Waals surface area contributed by atoms with Gasteiger partial charge in [-0.2, -0.15) is 13.2 Å². The van der Waals surface area contributed by atoms with Crippen LogP contribution in [-0.4, -0.2) is 73.7 Å². The predicted octanol–water partition coefficient (Wildman–Crippen LogP) is 4.47. The quantitative estimate of drug-likeness (QED) is 0.396. The highest BCUT2D eigenvalue weighted by atomic mass is 35.5. The minimum atomic E-state index is -4.65. The number of carbonyl (C=O) groups is 3. The van der Waals surface area contributed by atoms with Crippen molar-refractivity contribution in [1.82, 2.24) is 10.2 Å². The van der Waals surface area contributed by atoms with E-state index in [-0.39, 0.29) is 36.0 Å². The van der Waals surface area contributed by atoms with Crippen LogP contribution in [0.5, 0.6) is 0 Å². The zero-order chi connectivity index (χ0) is 28.3. The van der Waals surface area contributed by atoms with Gasteiger partial charge in [-0.1, -0.05) is 11.6 Å². The van der Waals surface area contributed by atoms with E-state index in [1.807, 2.05) is 0 Å². The fourth-order valence-electron chi connectivity index (χ4n) is 4.20. The lowest BCUT2D eigenvalue weighted by Gasteiger charge is -2.32. The number of nitrogens with one attached hydrogen (secondary N) is 2. The molecule has 0 unspecified atom stereocenters. The normalized spacial score (nSPS) is 17.0. The van der Waals surface area contributed by atoms with Crippen LogP contribution in [0.2, 0.25) is 4.34 Å². The van der Waals surface area contributed by atoms with E-state index >= 15 is 0 Å². The molecule has 1 aromatic heterocycles. The van der Waals surface area contributed by atoms with E-state index in [9.17, 15) is 36.3 Å². The van der Waals surface area contributed by atoms with E-state index < -0.39 is 61.1 Å². The van der Waals surface area contributed by atoms with Gasteiger partial charge in [-0.05, 0) is 43.2 Å². The van der Waals surface area contributed by atoms with Crippen molar-refractivity contribution < 1.29 is 41.1 Å². The van der Waals surface area contributed by atoms with Crippen LogP contribution in [0.4, 0.5) is 33.3 Å². The van der Waals surface area contributed by atoms with Crippen LogP contribution < -0.4 is 15.5 Å². The fourth-order valence-corrected chi connectivity index (χ4v) is 5.16. The van der Waals surface area contributed by atoms with Crippen molar-refractivity contribution in [3.63, 3.8) is 0 Å². The van der Waals surface area contributed by atoms with E-state index in [0.29, 0.717) is 17.2 Å². The lowest BCUT2D eigenvalue weighted by atomic mass is 10.1. The largest absolute Gasteiger partial charge is 0.401 e. The first-order valence-corrected chi connectivity index (χ1v) is 13.1. The van der Waals surface area contributed by atoms with Gasteiger partial charge in [0.2, 0.25) is 5.91 Å². The van der Waals surface area contributed by atoms with Crippen LogP contribution in [-0.2, 0) is 14.3 Å². The molecule has 1 saturated heterocycles. The summed E-state index contributed by atoms with van der Waals surface area (Å²) in [4.78, 5) is 40.4. The number of thiophene rings is 1. The zero-order valence-electron chi connectivity index (χ0n) is 20.3. The van der Waals surface area contributed by atoms with Gasteiger partial charge < -0.3 is 20.3 Å². The third-order valence-electron chi connectivity index (χ3n) is 6.16. The van der Waals surface area contributed by atoms with Gasteiger partial charge in [0.1, 0.15) is 12.6 Å². The lowest BCUT2D eigenvalue weighted by molar-refractivity contribution is -0.155. The van der Waals surface area contributed by atoms with Crippen molar-refractivity contribution in [3.8, 4) is 0 Å². The number of hydrogen-bond acceptors (Lipinski definition) is 6. The smallest absolute Gasteiger partial charge is 0.370 e. The van der Waals surface area contributed by atoms with Gasteiger partial charge >= 0.3 is 6.18 Å². The second kappa shape index (κ2) is 12.1. The summed E-state index contributed by atoms with van der Waals surface area (Å²) in [6.45, 7) is -1.76. The summed E-state index contributed by atoms with van der Waals surface area (Å²) in [6.07, 6.45) is -6.88. The first-order chi connectivity index (χ1) is 18.4. The van der Waals surface area contributed by atoms with E-state index in [4.69, 9.17) is 16.3 Å². The van der Waals surface area contributed by atoms with E-state index in [2.05, 4.69) is 10.6 Å². The number of morpholine rings is 1. The molecule has 15 heteroatoms. The topological polar surface area (TPSA) is 91.0 Å². The maximum Gasteiger partial charge on any atom is 0.401 e. The molecule has 1 atom stereocenters. The minimum Gasteiger partial charge on any atom is -0.370 e. The Morgan fingerprint density at radius 2 is 1.95 bits per heavy atom. The molecule has 0 bridgehead atoms. The van der Waals surface area contributed by atoms with Crippen LogP contribution >= 0.6 is 22.9 Å². The van der Waals surface area contributed by atoms with Gasteiger partial charge in [-0.15, -0.1) is 11.3 Å². The van der Waals surface area contributed by atoms with Crippen molar-refractivity contribution >= 4 is 52.0 Å². The van der Waals surface area contributed by atoms with Crippen LogP contribution in [0.1, 0.15) is 34.5 Å². The summed E-state index contributed by atoms with van der Waals surface area (Å²) in [5.41, 5.74) is -0.750. The Kier molecular flexibility index (Phi) is 9.09. The van der Waals surface area contributed by atoms with Crippen LogP contribution in [0.3, 0.4) is 0 Å². The summed E-state index contributed by atoms with van der Waals surface area (Å²) >= 11 is 6.80. The van der Waals surface area contributed by atoms with E-state index in [0.717, 1.165) is 22.3 Å². The first-order valence-electron chi connectivity index (χ1n) is 11.9. The molecule has 3 amide bonds. The zero-order valence-corrected chi connectivity index (χ0v) is 21.8. The molecule has 1 aliphatic heterocycles. The molecule has 2 aromatic rings. The molecule has 2 aliphatic rings. The first kappa shape index (κ1) is 29.2. The molecule has 1 aromatic carbocycles. The third-order valence-corrected chi connectivity index (χ3v) is 7.39. The number of halogens is 6. The molecule has 1 saturated carbocycles. The average molecular weight is 595 g/mol. The fraction of sp³-hybridized carbons (Fsp3) is 0.458. The summed E-state index contributed by atoms with van der Waals surface area (Å²) < 4.78 is 73.6. The molecule has 8 nitrogen and oxygen atoms in total. The number of amides is 3. The molecule has 1 aliphatic carbocycles. The van der Waals surface area contributed by atoms with Gasteiger partial charge in [0.15, 0.2) is 0 Å². The number of nitrogens with zero attached hydrogens (tertiary/aromatic N) is 2. The Balaban J connectivity index is 1.57. The lowest BCUT2D eigenvalue weighted by Crippen LogP contribution is -2.54. The monoisotopic (exact) mass is 594 g/mol. The number of ether oxygens (including phenoxy) is 1. The molecular formula is C24H24ClF5N4O4S. The molecule has 2 N–H and O–H groups in total. The second-order valence-corrected chi connectivity index (χ2v) is 10.7. The maximum absolute atomic E-state index is 14.0. The molecule has 0 spiro atoms. The van der Waals surface area contributed by atoms with Gasteiger partial charge in [0, 0.05) is 36.1 Å². The molecule has 2 heterocycles. The molecule has 212 valence electrons. The SMILES string of the molecule is O=C(NC[C@H](C(=O)Nc1ccc(N2CCOCC2=O)cc1C(F)F)N(CC(F)(F)F)C1CC1)c1ccc(Cl)s1. The number of benzene rings is 1. The highest BCUT2D eigenvalue weighted by Gasteiger charge is 2.44. The number of carbonyl (C=O) groups excluding carboxylic acids is 3. The van der Waals surface area contributed by atoms with Gasteiger partial charge in [-0.25, -0.2) is 8.78 Å². The van der Waals surface area contributed by atoms with E-state index in [1.54, 1.807) is 0 Å². The van der Waals surface area contributed by atoms with Gasteiger partial charge in [0.05, 0.1) is 22.4 Å². The Morgan fingerprint density at radius 3 is 2.54 bits per heavy atom. The van der Waals surface area contributed by atoms with Crippen LogP contribution in [0, 0.1) is 0 Å². The summed E-state index contributed by atoms with van der Waals surface area (Å²) in [5.74, 6) is -2.05. The maximum atomic E-state index is 14.0. The predicted molar refractivity (Wildman–Crippen MR) is 134 cm³/mol. The highest BCUT2D eigenvalue weighted by Crippen LogP contribution is 2.34. The molecular weight excluding hydrogens is 571 g/mol. The third kappa shape index (κ3) is 7.65. The van der Waals surface area contributed by atoms with Gasteiger partial charge in [-0.3, -0.25) is 19.3 Å². The average Bonchev–Trinajstić information content (AvgIpc) is 3.62. The number of hydrogen-bond donors (Lipinski definition) is 2. The van der Waals surface area contributed by atoms with E-state index in [1.165, 1.54) is 29.2 Å².